The number of piperazine rings is 1. The van der Waals surface area contributed by atoms with Gasteiger partial charge in [0, 0.05) is 38.3 Å². The molecule has 0 spiro atoms. The van der Waals surface area contributed by atoms with Gasteiger partial charge >= 0.3 is 6.09 Å². The molecular formula is C25H30N4O3. The van der Waals surface area contributed by atoms with Crippen LogP contribution in [0.5, 0.6) is 0 Å². The Morgan fingerprint density at radius 1 is 1.03 bits per heavy atom. The van der Waals surface area contributed by atoms with Crippen LogP contribution in [0.4, 0.5) is 10.5 Å². The van der Waals surface area contributed by atoms with Gasteiger partial charge in [0.15, 0.2) is 0 Å². The van der Waals surface area contributed by atoms with Crippen LogP contribution in [0.1, 0.15) is 25.0 Å². The highest BCUT2D eigenvalue weighted by molar-refractivity contribution is 5.86. The Labute approximate surface area is 189 Å². The van der Waals surface area contributed by atoms with Crippen molar-refractivity contribution in [1.29, 1.82) is 5.26 Å². The van der Waals surface area contributed by atoms with Crippen LogP contribution in [0.3, 0.4) is 0 Å². The molecule has 7 nitrogen and oxygen atoms in total. The first-order valence-electron chi connectivity index (χ1n) is 11.0. The molecule has 1 heterocycles. The molecule has 32 heavy (non-hydrogen) atoms. The van der Waals surface area contributed by atoms with Crippen LogP contribution in [0, 0.1) is 17.2 Å². The maximum absolute atomic E-state index is 13.1. The van der Waals surface area contributed by atoms with Gasteiger partial charge in [0.25, 0.3) is 0 Å². The van der Waals surface area contributed by atoms with Crippen molar-refractivity contribution in [2.24, 2.45) is 5.92 Å². The van der Waals surface area contributed by atoms with Gasteiger partial charge in [0.05, 0.1) is 18.2 Å². The number of carbonyl (C=O) groups is 2. The molecule has 1 saturated heterocycles. The van der Waals surface area contributed by atoms with Gasteiger partial charge in [-0.25, -0.2) is 4.79 Å². The van der Waals surface area contributed by atoms with Crippen LogP contribution in [-0.4, -0.2) is 55.7 Å². The molecular weight excluding hydrogens is 404 g/mol. The highest BCUT2D eigenvalue weighted by Gasteiger charge is 2.31. The summed E-state index contributed by atoms with van der Waals surface area (Å²) in [6.07, 6.45) is 0.0653. The second-order valence-electron chi connectivity index (χ2n) is 8.21. The quantitative estimate of drug-likeness (QED) is 0.723. The molecule has 2 aromatic rings. The minimum Gasteiger partial charge on any atom is -0.449 e. The summed E-state index contributed by atoms with van der Waals surface area (Å²) in [7, 11) is 0. The third-order valence-electron chi connectivity index (χ3n) is 5.63. The fourth-order valence-corrected chi connectivity index (χ4v) is 3.72. The number of rotatable bonds is 7. The molecule has 0 aliphatic carbocycles. The minimum atomic E-state index is -0.624. The molecule has 1 atom stereocenters. The number of carbonyl (C=O) groups excluding carboxylic acids is 2. The lowest BCUT2D eigenvalue weighted by molar-refractivity contribution is -0.134. The predicted molar refractivity (Wildman–Crippen MR) is 123 cm³/mol. The van der Waals surface area contributed by atoms with E-state index in [2.05, 4.69) is 16.3 Å². The number of amides is 2. The van der Waals surface area contributed by atoms with Gasteiger partial charge < -0.3 is 19.9 Å². The average Bonchev–Trinajstić information content (AvgIpc) is 2.83. The van der Waals surface area contributed by atoms with Crippen LogP contribution in [0.2, 0.25) is 0 Å². The van der Waals surface area contributed by atoms with E-state index in [0.29, 0.717) is 38.2 Å². The summed E-state index contributed by atoms with van der Waals surface area (Å²) < 4.78 is 5.31. The fraction of sp³-hybridized carbons (Fsp3) is 0.400. The van der Waals surface area contributed by atoms with E-state index in [1.807, 2.05) is 56.3 Å². The first-order valence-corrected chi connectivity index (χ1v) is 11.0. The maximum Gasteiger partial charge on any atom is 0.407 e. The van der Waals surface area contributed by atoms with E-state index < -0.39 is 12.1 Å². The van der Waals surface area contributed by atoms with Crippen LogP contribution in [0.15, 0.2) is 54.6 Å². The lowest BCUT2D eigenvalue weighted by atomic mass is 10.0. The summed E-state index contributed by atoms with van der Waals surface area (Å²) in [5.74, 6) is -0.139. The molecule has 3 rings (SSSR count). The van der Waals surface area contributed by atoms with Crippen molar-refractivity contribution in [3.63, 3.8) is 0 Å². The molecule has 0 unspecified atom stereocenters. The van der Waals surface area contributed by atoms with Crippen LogP contribution in [-0.2, 0) is 16.0 Å². The molecule has 0 bridgehead atoms. The number of benzene rings is 2. The second-order valence-corrected chi connectivity index (χ2v) is 8.21. The summed E-state index contributed by atoms with van der Waals surface area (Å²) in [5.41, 5.74) is 2.76. The molecule has 0 radical (unpaired) electrons. The molecule has 1 N–H and O–H groups in total. The molecule has 7 heteroatoms. The zero-order chi connectivity index (χ0) is 22.9. The highest BCUT2D eigenvalue weighted by atomic mass is 16.5. The number of nitrogens with zero attached hydrogens (tertiary/aromatic N) is 3. The van der Waals surface area contributed by atoms with E-state index in [4.69, 9.17) is 10.00 Å². The fourth-order valence-electron chi connectivity index (χ4n) is 3.72. The minimum absolute atomic E-state index is 0.0549. The number of hydrogen-bond acceptors (Lipinski definition) is 5. The Bertz CT molecular complexity index is 930. The molecule has 168 valence electrons. The SMILES string of the molecule is CC(C)[C@H](NC(=O)OCCc1ccccc1)C(=O)N1CCN(c2ccc(C#N)cc2)CC1. The van der Waals surface area contributed by atoms with Crippen molar-refractivity contribution in [1.82, 2.24) is 10.2 Å². The van der Waals surface area contributed by atoms with Gasteiger partial charge in [-0.3, -0.25) is 4.79 Å². The smallest absolute Gasteiger partial charge is 0.407 e. The van der Waals surface area contributed by atoms with Gasteiger partial charge in [-0.15, -0.1) is 0 Å². The van der Waals surface area contributed by atoms with E-state index in [9.17, 15) is 9.59 Å². The topological polar surface area (TPSA) is 85.7 Å². The lowest BCUT2D eigenvalue weighted by Gasteiger charge is -2.38. The Morgan fingerprint density at radius 3 is 2.28 bits per heavy atom. The van der Waals surface area contributed by atoms with E-state index in [-0.39, 0.29) is 18.4 Å². The van der Waals surface area contributed by atoms with Gasteiger partial charge in [0.2, 0.25) is 5.91 Å². The average molecular weight is 435 g/mol. The highest BCUT2D eigenvalue weighted by Crippen LogP contribution is 2.18. The summed E-state index contributed by atoms with van der Waals surface area (Å²) in [6, 6.07) is 18.8. The summed E-state index contributed by atoms with van der Waals surface area (Å²) >= 11 is 0. The molecule has 0 aromatic heterocycles. The first kappa shape index (κ1) is 23.1. The zero-order valence-corrected chi connectivity index (χ0v) is 18.7. The number of hydrogen-bond donors (Lipinski definition) is 1. The number of nitrogens with one attached hydrogen (secondary N) is 1. The monoisotopic (exact) mass is 434 g/mol. The van der Waals surface area contributed by atoms with Crippen molar-refractivity contribution in [2.45, 2.75) is 26.3 Å². The van der Waals surface area contributed by atoms with E-state index in [1.165, 1.54) is 0 Å². The number of anilines is 1. The van der Waals surface area contributed by atoms with Crippen molar-refractivity contribution in [2.75, 3.05) is 37.7 Å². The summed E-state index contributed by atoms with van der Waals surface area (Å²) in [6.45, 7) is 6.64. The third-order valence-corrected chi connectivity index (χ3v) is 5.63. The first-order chi connectivity index (χ1) is 15.5. The van der Waals surface area contributed by atoms with Gasteiger partial charge in [-0.05, 0) is 35.7 Å². The van der Waals surface area contributed by atoms with E-state index in [0.717, 1.165) is 11.3 Å². The number of nitriles is 1. The van der Waals surface area contributed by atoms with Gasteiger partial charge in [-0.2, -0.15) is 5.26 Å². The number of ether oxygens (including phenoxy) is 1. The lowest BCUT2D eigenvalue weighted by Crippen LogP contribution is -2.56. The molecule has 1 fully saturated rings. The van der Waals surface area contributed by atoms with Crippen LogP contribution < -0.4 is 10.2 Å². The molecule has 1 aliphatic rings. The van der Waals surface area contributed by atoms with Crippen molar-refractivity contribution in [3.05, 3.63) is 65.7 Å². The molecule has 0 saturated carbocycles. The van der Waals surface area contributed by atoms with Gasteiger partial charge in [-0.1, -0.05) is 44.2 Å². The Kier molecular flexibility index (Phi) is 8.09. The van der Waals surface area contributed by atoms with Crippen molar-refractivity contribution >= 4 is 17.7 Å². The normalized spacial score (nSPS) is 14.6. The Hall–Kier alpha value is -3.53. The second kappa shape index (κ2) is 11.2. The van der Waals surface area contributed by atoms with E-state index in [1.54, 1.807) is 17.0 Å². The van der Waals surface area contributed by atoms with Crippen LogP contribution >= 0.6 is 0 Å². The molecule has 1 aliphatic heterocycles. The summed E-state index contributed by atoms with van der Waals surface area (Å²) in [5, 5.41) is 11.7. The van der Waals surface area contributed by atoms with Crippen molar-refractivity contribution in [3.8, 4) is 6.07 Å². The summed E-state index contributed by atoms with van der Waals surface area (Å²) in [4.78, 5) is 29.4. The maximum atomic E-state index is 13.1. The molecule has 2 amide bonds. The standard InChI is InChI=1S/C25H30N4O3/c1-19(2)23(27-25(31)32-17-12-20-6-4-3-5-7-20)24(30)29-15-13-28(14-16-29)22-10-8-21(18-26)9-11-22/h3-11,19,23H,12-17H2,1-2H3,(H,27,31)/t23-/m0/s1. The predicted octanol–water partition coefficient (Wildman–Crippen LogP) is 3.20. The van der Waals surface area contributed by atoms with Gasteiger partial charge in [0.1, 0.15) is 6.04 Å². The number of alkyl carbamates (subject to hydrolysis) is 1. The largest absolute Gasteiger partial charge is 0.449 e. The molecule has 2 aromatic carbocycles. The van der Waals surface area contributed by atoms with Crippen molar-refractivity contribution < 1.29 is 14.3 Å². The Balaban J connectivity index is 1.49. The zero-order valence-electron chi connectivity index (χ0n) is 18.7. The van der Waals surface area contributed by atoms with E-state index >= 15 is 0 Å². The Morgan fingerprint density at radius 2 is 1.69 bits per heavy atom. The third kappa shape index (κ3) is 6.24. The van der Waals surface area contributed by atoms with Crippen LogP contribution in [0.25, 0.3) is 0 Å².